The zero-order chi connectivity index (χ0) is 34.9. The third kappa shape index (κ3) is 12.5. The number of carbonyl (C=O) groups excluding carboxylic acids is 2. The van der Waals surface area contributed by atoms with Crippen LogP contribution in [0.1, 0.15) is 54.4 Å². The van der Waals surface area contributed by atoms with E-state index in [1.165, 1.54) is 0 Å². The fourth-order valence-corrected chi connectivity index (χ4v) is 4.88. The largest absolute Gasteiger partial charge is 0.508 e. The van der Waals surface area contributed by atoms with Gasteiger partial charge in [-0.15, -0.1) is 0 Å². The zero-order valence-electron chi connectivity index (χ0n) is 27.6. The van der Waals surface area contributed by atoms with Crippen molar-refractivity contribution in [2.24, 2.45) is 32.9 Å². The summed E-state index contributed by atoms with van der Waals surface area (Å²) in [4.78, 5) is 35.7. The van der Waals surface area contributed by atoms with Crippen molar-refractivity contribution in [1.29, 1.82) is 0 Å². The molecule has 2 aromatic carbocycles. The molecule has 48 heavy (non-hydrogen) atoms. The van der Waals surface area contributed by atoms with Gasteiger partial charge in [-0.2, -0.15) is 0 Å². The van der Waals surface area contributed by atoms with Gasteiger partial charge in [-0.25, -0.2) is 4.99 Å². The maximum atomic E-state index is 13.9. The Morgan fingerprint density at radius 1 is 1.06 bits per heavy atom. The number of amides is 2. The molecule has 3 atom stereocenters. The van der Waals surface area contributed by atoms with Crippen LogP contribution < -0.4 is 33.6 Å². The van der Waals surface area contributed by atoms with Crippen LogP contribution in [0.15, 0.2) is 64.2 Å². The Morgan fingerprint density at radius 2 is 1.79 bits per heavy atom. The van der Waals surface area contributed by atoms with Gasteiger partial charge in [0.15, 0.2) is 12.0 Å². The molecule has 12 nitrogen and oxygen atoms in total. The minimum absolute atomic E-state index is 0.0599. The number of aromatic hydroxyl groups is 1. The highest BCUT2D eigenvalue weighted by atomic mass is 16.5. The Kier molecular flexibility index (Phi) is 15.0. The van der Waals surface area contributed by atoms with Gasteiger partial charge in [0.2, 0.25) is 5.90 Å². The molecule has 1 aliphatic heterocycles. The van der Waals surface area contributed by atoms with Crippen LogP contribution in [-0.2, 0) is 20.7 Å². The number of carbonyl (C=O) groups is 2. The SMILES string of the molecule is Cc1cc(O)cc(C)c1C#C[C@H](NC(=O)[C@H](N)C#CCCN=C(N)N)C(=O)N[C@@H](CCCCN)C1=NC(Cc2ccccc2)=CCCO1. The fraction of sp³-hybridized carbons (Fsp3) is 0.389. The number of benzene rings is 2. The predicted octanol–water partition coefficient (Wildman–Crippen LogP) is 1.40. The maximum Gasteiger partial charge on any atom is 0.255 e. The number of unbranched alkanes of at least 4 members (excludes halogenated alkanes) is 1. The second-order valence-corrected chi connectivity index (χ2v) is 11.3. The molecule has 0 aromatic heterocycles. The lowest BCUT2D eigenvalue weighted by Gasteiger charge is -2.23. The van der Waals surface area contributed by atoms with Crippen LogP contribution in [0.25, 0.3) is 0 Å². The molecular weight excluding hydrogens is 608 g/mol. The molecule has 0 saturated carbocycles. The highest BCUT2D eigenvalue weighted by molar-refractivity contribution is 5.96. The highest BCUT2D eigenvalue weighted by Gasteiger charge is 2.27. The van der Waals surface area contributed by atoms with Crippen molar-refractivity contribution in [3.8, 4) is 29.4 Å². The summed E-state index contributed by atoms with van der Waals surface area (Å²) in [6.45, 7) is 4.75. The maximum absolute atomic E-state index is 13.9. The first kappa shape index (κ1) is 37.2. The molecule has 12 heteroatoms. The Labute approximate surface area is 282 Å². The van der Waals surface area contributed by atoms with Crippen LogP contribution in [0, 0.1) is 37.5 Å². The summed E-state index contributed by atoms with van der Waals surface area (Å²) < 4.78 is 6.06. The Morgan fingerprint density at radius 3 is 2.48 bits per heavy atom. The van der Waals surface area contributed by atoms with E-state index >= 15 is 0 Å². The van der Waals surface area contributed by atoms with Crippen molar-refractivity contribution >= 4 is 23.7 Å². The van der Waals surface area contributed by atoms with Gasteiger partial charge in [0.05, 0.1) is 13.2 Å². The molecule has 0 fully saturated rings. The molecule has 0 aliphatic carbocycles. The molecule has 2 amide bonds. The Bertz CT molecular complexity index is 1600. The second-order valence-electron chi connectivity index (χ2n) is 11.3. The summed E-state index contributed by atoms with van der Waals surface area (Å²) in [5.74, 6) is 10.5. The topological polar surface area (TPSA) is 216 Å². The summed E-state index contributed by atoms with van der Waals surface area (Å²) in [5.41, 5.74) is 26.5. The summed E-state index contributed by atoms with van der Waals surface area (Å²) in [6, 6.07) is 9.99. The molecule has 1 aliphatic rings. The van der Waals surface area contributed by atoms with Crippen molar-refractivity contribution in [3.05, 3.63) is 76.5 Å². The minimum Gasteiger partial charge on any atom is -0.508 e. The summed E-state index contributed by atoms with van der Waals surface area (Å²) in [6.07, 6.45) is 5.55. The average Bonchev–Trinajstić information content (AvgIpc) is 3.28. The highest BCUT2D eigenvalue weighted by Crippen LogP contribution is 2.20. The third-order valence-electron chi connectivity index (χ3n) is 7.27. The van der Waals surface area contributed by atoms with E-state index < -0.39 is 29.9 Å². The average molecular weight is 655 g/mol. The standard InChI is InChI=1S/C36H46N8O4/c1-24-21-28(45)22-25(2)29(24)16-17-31(43-33(46)30(38)14-7-9-19-41-36(39)40)34(47)44-32(15-6-8-18-37)35-42-27(13-10-20-48-35)23-26-11-4-3-5-12-26/h3-5,11-13,21-22,30-32,45H,6,8-10,15,18-20,23,37-38H2,1-2H3,(H,43,46)(H,44,47)(H4,39,40,41)/t30-,31+,32+/m1/s1. The lowest BCUT2D eigenvalue weighted by Crippen LogP contribution is -2.54. The number of nitrogens with two attached hydrogens (primary N) is 4. The van der Waals surface area contributed by atoms with Crippen molar-refractivity contribution in [2.75, 3.05) is 19.7 Å². The molecule has 2 aromatic rings. The van der Waals surface area contributed by atoms with Crippen LogP contribution in [-0.4, -0.2) is 66.6 Å². The van der Waals surface area contributed by atoms with Crippen molar-refractivity contribution < 1.29 is 19.4 Å². The fourth-order valence-electron chi connectivity index (χ4n) is 4.88. The Hall–Kier alpha value is -5.30. The zero-order valence-corrected chi connectivity index (χ0v) is 27.6. The van der Waals surface area contributed by atoms with Gasteiger partial charge >= 0.3 is 0 Å². The van der Waals surface area contributed by atoms with Crippen molar-refractivity contribution in [3.63, 3.8) is 0 Å². The molecule has 3 rings (SSSR count). The molecule has 254 valence electrons. The van der Waals surface area contributed by atoms with E-state index in [0.29, 0.717) is 61.4 Å². The quantitative estimate of drug-likeness (QED) is 0.0723. The number of phenols is 1. The number of hydrogen-bond acceptors (Lipinski definition) is 8. The number of nitrogens with zero attached hydrogens (tertiary/aromatic N) is 2. The van der Waals surface area contributed by atoms with Crippen molar-refractivity contribution in [2.45, 2.75) is 70.5 Å². The van der Waals surface area contributed by atoms with Gasteiger partial charge in [0, 0.05) is 30.5 Å². The van der Waals surface area contributed by atoms with Gasteiger partial charge < -0.3 is 43.4 Å². The molecule has 0 unspecified atom stereocenters. The lowest BCUT2D eigenvalue weighted by atomic mass is 10.0. The molecule has 0 radical (unpaired) electrons. The number of allylic oxidation sites excluding steroid dienone is 1. The van der Waals surface area contributed by atoms with E-state index in [9.17, 15) is 14.7 Å². The first-order valence-corrected chi connectivity index (χ1v) is 15.9. The van der Waals surface area contributed by atoms with Crippen LogP contribution in [0.3, 0.4) is 0 Å². The van der Waals surface area contributed by atoms with Gasteiger partial charge in [-0.1, -0.05) is 60.1 Å². The first-order valence-electron chi connectivity index (χ1n) is 15.9. The number of phenolic OH excluding ortho intramolecular Hbond substituents is 1. The number of hydrogen-bond donors (Lipinski definition) is 7. The Balaban J connectivity index is 1.90. The van der Waals surface area contributed by atoms with Gasteiger partial charge in [-0.05, 0) is 68.5 Å². The van der Waals surface area contributed by atoms with E-state index in [4.69, 9.17) is 32.7 Å². The first-order chi connectivity index (χ1) is 23.1. The number of aliphatic imine (C=N–C) groups is 2. The van der Waals surface area contributed by atoms with Crippen LogP contribution in [0.4, 0.5) is 0 Å². The van der Waals surface area contributed by atoms with Crippen LogP contribution in [0.2, 0.25) is 0 Å². The summed E-state index contributed by atoms with van der Waals surface area (Å²) in [5, 5.41) is 15.6. The van der Waals surface area contributed by atoms with E-state index in [1.807, 2.05) is 36.4 Å². The molecular formula is C36H46N8O4. The molecule has 0 bridgehead atoms. The molecule has 11 N–H and O–H groups in total. The van der Waals surface area contributed by atoms with Gasteiger partial charge in [0.25, 0.3) is 11.8 Å². The molecule has 0 saturated heterocycles. The number of aryl methyl sites for hydroxylation is 2. The summed E-state index contributed by atoms with van der Waals surface area (Å²) >= 11 is 0. The van der Waals surface area contributed by atoms with E-state index in [2.05, 4.69) is 39.3 Å². The third-order valence-corrected chi connectivity index (χ3v) is 7.27. The van der Waals surface area contributed by atoms with Gasteiger partial charge in [-0.3, -0.25) is 14.6 Å². The second kappa shape index (κ2) is 19.4. The lowest BCUT2D eigenvalue weighted by molar-refractivity contribution is -0.127. The normalized spacial score (nSPS) is 14.1. The number of rotatable bonds is 13. The number of guanidine groups is 1. The minimum atomic E-state index is -1.30. The molecule has 1 heterocycles. The van der Waals surface area contributed by atoms with Crippen LogP contribution >= 0.6 is 0 Å². The van der Waals surface area contributed by atoms with E-state index in [1.54, 1.807) is 26.0 Å². The van der Waals surface area contributed by atoms with E-state index in [-0.39, 0.29) is 24.7 Å². The monoisotopic (exact) mass is 654 g/mol. The van der Waals surface area contributed by atoms with Crippen molar-refractivity contribution in [1.82, 2.24) is 10.6 Å². The van der Waals surface area contributed by atoms with Gasteiger partial charge in [0.1, 0.15) is 17.8 Å². The number of nitrogens with one attached hydrogen (secondary N) is 2. The summed E-state index contributed by atoms with van der Waals surface area (Å²) in [7, 11) is 0. The predicted molar refractivity (Wildman–Crippen MR) is 189 cm³/mol. The van der Waals surface area contributed by atoms with Crippen LogP contribution in [0.5, 0.6) is 5.75 Å². The van der Waals surface area contributed by atoms with E-state index in [0.717, 1.165) is 17.7 Å². The smallest absolute Gasteiger partial charge is 0.255 e. The number of ether oxygens (including phenoxy) is 1. The molecule has 0 spiro atoms.